The van der Waals surface area contributed by atoms with Crippen molar-refractivity contribution in [3.8, 4) is 0 Å². The molecule has 12 heavy (non-hydrogen) atoms. The third kappa shape index (κ3) is 1.26. The summed E-state index contributed by atoms with van der Waals surface area (Å²) in [6.07, 6.45) is 7.72. The summed E-state index contributed by atoms with van der Waals surface area (Å²) in [6.45, 7) is 2.12. The highest BCUT2D eigenvalue weighted by molar-refractivity contribution is 5.21. The smallest absolute Gasteiger partial charge is 0.0628 e. The molecule has 0 atom stereocenters. The van der Waals surface area contributed by atoms with Gasteiger partial charge in [0.25, 0.3) is 0 Å². The molecule has 0 amide bonds. The van der Waals surface area contributed by atoms with Crippen molar-refractivity contribution < 1.29 is 0 Å². The van der Waals surface area contributed by atoms with E-state index in [1.807, 2.05) is 11.7 Å². The van der Waals surface area contributed by atoms with Gasteiger partial charge in [-0.3, -0.25) is 4.68 Å². The molecule has 1 saturated carbocycles. The predicted octanol–water partition coefficient (Wildman–Crippen LogP) is 2.39. The molecule has 0 radical (unpaired) electrons. The van der Waals surface area contributed by atoms with E-state index in [9.17, 15) is 0 Å². The molecule has 1 heterocycles. The van der Waals surface area contributed by atoms with Gasteiger partial charge in [0.05, 0.1) is 5.69 Å². The van der Waals surface area contributed by atoms with Gasteiger partial charge in [-0.2, -0.15) is 5.10 Å². The molecular weight excluding hydrogens is 148 g/mol. The van der Waals surface area contributed by atoms with Crippen molar-refractivity contribution in [2.45, 2.75) is 38.5 Å². The van der Waals surface area contributed by atoms with Crippen LogP contribution in [0.4, 0.5) is 0 Å². The number of rotatable bonds is 1. The number of aromatic nitrogens is 2. The summed E-state index contributed by atoms with van der Waals surface area (Å²) in [5.41, 5.74) is 2.71. The molecule has 0 aromatic carbocycles. The van der Waals surface area contributed by atoms with Gasteiger partial charge >= 0.3 is 0 Å². The Bertz CT molecular complexity index is 269. The van der Waals surface area contributed by atoms with Crippen molar-refractivity contribution in [1.82, 2.24) is 9.78 Å². The molecule has 0 saturated heterocycles. The largest absolute Gasteiger partial charge is 0.275 e. The van der Waals surface area contributed by atoms with Crippen molar-refractivity contribution in [2.24, 2.45) is 7.05 Å². The standard InChI is InChI=1S/C10H16N2/c1-8-10(7-12(2)11-8)9-5-3-4-6-9/h7,9H,3-6H2,1-2H3. The van der Waals surface area contributed by atoms with E-state index in [2.05, 4.69) is 18.2 Å². The van der Waals surface area contributed by atoms with Crippen LogP contribution in [0.2, 0.25) is 0 Å². The average molecular weight is 164 g/mol. The first kappa shape index (κ1) is 7.84. The van der Waals surface area contributed by atoms with E-state index >= 15 is 0 Å². The van der Waals surface area contributed by atoms with Gasteiger partial charge in [-0.15, -0.1) is 0 Å². The van der Waals surface area contributed by atoms with Crippen LogP contribution in [-0.4, -0.2) is 9.78 Å². The molecule has 1 fully saturated rings. The lowest BCUT2D eigenvalue weighted by Crippen LogP contribution is -1.91. The van der Waals surface area contributed by atoms with E-state index in [-0.39, 0.29) is 0 Å². The Morgan fingerprint density at radius 2 is 2.08 bits per heavy atom. The maximum absolute atomic E-state index is 4.37. The zero-order valence-electron chi connectivity index (χ0n) is 7.88. The monoisotopic (exact) mass is 164 g/mol. The van der Waals surface area contributed by atoms with Gasteiger partial charge in [0.15, 0.2) is 0 Å². The SMILES string of the molecule is Cc1nn(C)cc1C1CCCC1. The lowest BCUT2D eigenvalue weighted by Gasteiger charge is -2.05. The summed E-state index contributed by atoms with van der Waals surface area (Å²) >= 11 is 0. The predicted molar refractivity (Wildman–Crippen MR) is 49.2 cm³/mol. The Labute approximate surface area is 73.6 Å². The summed E-state index contributed by atoms with van der Waals surface area (Å²) in [5, 5.41) is 4.37. The maximum Gasteiger partial charge on any atom is 0.0628 e. The number of aryl methyl sites for hydroxylation is 2. The van der Waals surface area contributed by atoms with E-state index in [4.69, 9.17) is 0 Å². The third-order valence-corrected chi connectivity index (χ3v) is 2.85. The van der Waals surface area contributed by atoms with Crippen LogP contribution in [0.25, 0.3) is 0 Å². The summed E-state index contributed by atoms with van der Waals surface area (Å²) in [5.74, 6) is 0.804. The van der Waals surface area contributed by atoms with E-state index in [1.165, 1.54) is 36.9 Å². The molecule has 0 bridgehead atoms. The highest BCUT2D eigenvalue weighted by atomic mass is 15.2. The van der Waals surface area contributed by atoms with Gasteiger partial charge in [-0.25, -0.2) is 0 Å². The molecule has 0 unspecified atom stereocenters. The second-order valence-electron chi connectivity index (χ2n) is 3.82. The Morgan fingerprint density at radius 1 is 1.42 bits per heavy atom. The molecule has 1 aromatic heterocycles. The van der Waals surface area contributed by atoms with Crippen molar-refractivity contribution in [3.63, 3.8) is 0 Å². The van der Waals surface area contributed by atoms with E-state index < -0.39 is 0 Å². The normalized spacial score (nSPS) is 18.8. The van der Waals surface area contributed by atoms with Crippen LogP contribution in [0.3, 0.4) is 0 Å². The van der Waals surface area contributed by atoms with Gasteiger partial charge < -0.3 is 0 Å². The van der Waals surface area contributed by atoms with Gasteiger partial charge in [0.1, 0.15) is 0 Å². The van der Waals surface area contributed by atoms with Crippen LogP contribution in [0.1, 0.15) is 42.9 Å². The van der Waals surface area contributed by atoms with E-state index in [1.54, 1.807) is 0 Å². The lowest BCUT2D eigenvalue weighted by molar-refractivity contribution is 0.716. The summed E-state index contributed by atoms with van der Waals surface area (Å²) < 4.78 is 1.93. The molecule has 2 nitrogen and oxygen atoms in total. The van der Waals surface area contributed by atoms with Gasteiger partial charge in [-0.05, 0) is 31.2 Å². The van der Waals surface area contributed by atoms with Gasteiger partial charge in [0.2, 0.25) is 0 Å². The molecule has 0 aliphatic heterocycles. The lowest BCUT2D eigenvalue weighted by atomic mass is 9.99. The van der Waals surface area contributed by atoms with Crippen molar-refractivity contribution in [1.29, 1.82) is 0 Å². The van der Waals surface area contributed by atoms with Gasteiger partial charge in [0, 0.05) is 13.2 Å². The van der Waals surface area contributed by atoms with Crippen LogP contribution < -0.4 is 0 Å². The molecule has 0 spiro atoms. The second kappa shape index (κ2) is 2.92. The van der Waals surface area contributed by atoms with Crippen LogP contribution in [0, 0.1) is 6.92 Å². The highest BCUT2D eigenvalue weighted by Gasteiger charge is 2.20. The molecule has 2 rings (SSSR count). The Kier molecular flexibility index (Phi) is 1.91. The van der Waals surface area contributed by atoms with Crippen LogP contribution in [0.15, 0.2) is 6.20 Å². The fourth-order valence-corrected chi connectivity index (χ4v) is 2.26. The second-order valence-corrected chi connectivity index (χ2v) is 3.82. The maximum atomic E-state index is 4.37. The van der Waals surface area contributed by atoms with Crippen LogP contribution in [-0.2, 0) is 7.05 Å². The Hall–Kier alpha value is -0.790. The minimum absolute atomic E-state index is 0.804. The average Bonchev–Trinajstić information content (AvgIpc) is 2.58. The minimum atomic E-state index is 0.804. The van der Waals surface area contributed by atoms with Crippen molar-refractivity contribution >= 4 is 0 Å². The molecule has 1 aliphatic rings. The Morgan fingerprint density at radius 3 is 2.58 bits per heavy atom. The molecular formula is C10H16N2. The van der Waals surface area contributed by atoms with Crippen LogP contribution >= 0.6 is 0 Å². The number of hydrogen-bond acceptors (Lipinski definition) is 1. The first-order valence-electron chi connectivity index (χ1n) is 4.77. The topological polar surface area (TPSA) is 17.8 Å². The Balaban J connectivity index is 2.25. The summed E-state index contributed by atoms with van der Waals surface area (Å²) in [6, 6.07) is 0. The fourth-order valence-electron chi connectivity index (χ4n) is 2.26. The fraction of sp³-hybridized carbons (Fsp3) is 0.700. The molecule has 2 heteroatoms. The summed E-state index contributed by atoms with van der Waals surface area (Å²) in [4.78, 5) is 0. The number of hydrogen-bond donors (Lipinski definition) is 0. The van der Waals surface area contributed by atoms with Gasteiger partial charge in [-0.1, -0.05) is 12.8 Å². The number of nitrogens with zero attached hydrogens (tertiary/aromatic N) is 2. The molecule has 66 valence electrons. The quantitative estimate of drug-likeness (QED) is 0.623. The minimum Gasteiger partial charge on any atom is -0.275 e. The highest BCUT2D eigenvalue weighted by Crippen LogP contribution is 2.34. The van der Waals surface area contributed by atoms with Crippen molar-refractivity contribution in [3.05, 3.63) is 17.5 Å². The molecule has 1 aromatic rings. The summed E-state index contributed by atoms with van der Waals surface area (Å²) in [7, 11) is 2.01. The van der Waals surface area contributed by atoms with E-state index in [0.29, 0.717) is 0 Å². The zero-order valence-corrected chi connectivity index (χ0v) is 7.88. The third-order valence-electron chi connectivity index (χ3n) is 2.85. The van der Waals surface area contributed by atoms with Crippen molar-refractivity contribution in [2.75, 3.05) is 0 Å². The first-order valence-corrected chi connectivity index (χ1v) is 4.77. The molecule has 0 N–H and O–H groups in total. The van der Waals surface area contributed by atoms with E-state index in [0.717, 1.165) is 5.92 Å². The zero-order chi connectivity index (χ0) is 8.55. The molecule has 1 aliphatic carbocycles. The van der Waals surface area contributed by atoms with Crippen LogP contribution in [0.5, 0.6) is 0 Å². The first-order chi connectivity index (χ1) is 5.77.